The Balaban J connectivity index is 2.90. The average Bonchev–Trinajstić information content (AvgIpc) is 2.71. The first-order valence-electron chi connectivity index (χ1n) is 5.40. The van der Waals surface area contributed by atoms with Gasteiger partial charge in [0, 0.05) is 0 Å². The van der Waals surface area contributed by atoms with E-state index in [1.807, 2.05) is 5.92 Å². The lowest BCUT2D eigenvalue weighted by Crippen LogP contribution is -2.51. The molecule has 1 rings (SSSR count). The molecule has 0 spiro atoms. The highest BCUT2D eigenvalue weighted by Crippen LogP contribution is 2.29. The van der Waals surface area contributed by atoms with Gasteiger partial charge in [-0.1, -0.05) is 5.92 Å². The SMILES string of the molecule is C#C[C@@]1(O)[C@@H](CO)O[C@@H](NC(=N/O)/N=C(/N)C=N)[C@@H]1O. The number of guanidine groups is 1. The lowest BCUT2D eigenvalue weighted by atomic mass is 9.93. The molecule has 1 aliphatic rings. The third-order valence-corrected chi connectivity index (χ3v) is 2.69. The average molecular weight is 285 g/mol. The van der Waals surface area contributed by atoms with E-state index in [9.17, 15) is 10.2 Å². The Morgan fingerprint density at radius 1 is 1.65 bits per heavy atom. The van der Waals surface area contributed by atoms with Crippen LogP contribution in [0.3, 0.4) is 0 Å². The quantitative estimate of drug-likeness (QED) is 0.0936. The summed E-state index contributed by atoms with van der Waals surface area (Å²) in [6, 6.07) is 0. The topological polar surface area (TPSA) is 177 Å². The van der Waals surface area contributed by atoms with Gasteiger partial charge in [0.15, 0.2) is 11.8 Å². The number of nitrogens with zero attached hydrogens (tertiary/aromatic N) is 2. The summed E-state index contributed by atoms with van der Waals surface area (Å²) in [4.78, 5) is 3.49. The van der Waals surface area contributed by atoms with Gasteiger partial charge in [-0.2, -0.15) is 4.99 Å². The third-order valence-electron chi connectivity index (χ3n) is 2.69. The van der Waals surface area contributed by atoms with Crippen LogP contribution in [-0.4, -0.2) is 69.2 Å². The van der Waals surface area contributed by atoms with E-state index in [0.29, 0.717) is 6.21 Å². The van der Waals surface area contributed by atoms with E-state index in [4.69, 9.17) is 32.6 Å². The normalized spacial score (nSPS) is 34.6. The Hall–Kier alpha value is -2.19. The zero-order chi connectivity index (χ0) is 15.3. The highest BCUT2D eigenvalue weighted by Gasteiger charge is 2.54. The summed E-state index contributed by atoms with van der Waals surface area (Å²) in [5.74, 6) is 1.21. The number of hydrogen-bond donors (Lipinski definition) is 7. The fourth-order valence-electron chi connectivity index (χ4n) is 1.62. The molecule has 1 aliphatic heterocycles. The van der Waals surface area contributed by atoms with Crippen LogP contribution in [0.25, 0.3) is 0 Å². The summed E-state index contributed by atoms with van der Waals surface area (Å²) in [5.41, 5.74) is 3.13. The van der Waals surface area contributed by atoms with Gasteiger partial charge in [0.25, 0.3) is 5.96 Å². The van der Waals surface area contributed by atoms with E-state index in [-0.39, 0.29) is 5.84 Å². The molecule has 10 nitrogen and oxygen atoms in total. The van der Waals surface area contributed by atoms with Crippen molar-refractivity contribution in [1.29, 1.82) is 5.41 Å². The second-order valence-electron chi connectivity index (χ2n) is 3.89. The summed E-state index contributed by atoms with van der Waals surface area (Å²) in [7, 11) is 0. The number of aliphatic imine (C=N–C) groups is 1. The molecule has 0 saturated carbocycles. The van der Waals surface area contributed by atoms with Crippen molar-refractivity contribution in [1.82, 2.24) is 5.32 Å². The van der Waals surface area contributed by atoms with Gasteiger partial charge >= 0.3 is 0 Å². The molecule has 0 aromatic carbocycles. The summed E-state index contributed by atoms with van der Waals surface area (Å²) < 4.78 is 5.11. The van der Waals surface area contributed by atoms with Gasteiger partial charge in [0.2, 0.25) is 0 Å². The van der Waals surface area contributed by atoms with E-state index < -0.39 is 36.6 Å². The van der Waals surface area contributed by atoms with Crippen molar-refractivity contribution in [3.05, 3.63) is 0 Å². The molecule has 0 bridgehead atoms. The summed E-state index contributed by atoms with van der Waals surface area (Å²) in [6.07, 6.45) is 1.68. The van der Waals surface area contributed by atoms with Gasteiger partial charge in [0.05, 0.1) is 12.8 Å². The molecule has 10 heteroatoms. The predicted octanol–water partition coefficient (Wildman–Crippen LogP) is -3.23. The number of amidine groups is 1. The molecule has 1 saturated heterocycles. The van der Waals surface area contributed by atoms with Crippen molar-refractivity contribution < 1.29 is 25.3 Å². The molecule has 0 aliphatic carbocycles. The van der Waals surface area contributed by atoms with E-state index in [1.54, 1.807) is 0 Å². The Kier molecular flexibility index (Phi) is 5.00. The number of aliphatic hydroxyl groups is 3. The lowest BCUT2D eigenvalue weighted by molar-refractivity contribution is -0.0541. The van der Waals surface area contributed by atoms with Crippen LogP contribution in [0.1, 0.15) is 0 Å². The van der Waals surface area contributed by atoms with Crippen LogP contribution < -0.4 is 11.1 Å². The second-order valence-corrected chi connectivity index (χ2v) is 3.89. The molecular weight excluding hydrogens is 270 g/mol. The highest BCUT2D eigenvalue weighted by atomic mass is 16.6. The molecule has 4 atom stereocenters. The smallest absolute Gasteiger partial charge is 0.263 e. The zero-order valence-corrected chi connectivity index (χ0v) is 10.3. The van der Waals surface area contributed by atoms with E-state index >= 15 is 0 Å². The number of terminal acetylenes is 1. The van der Waals surface area contributed by atoms with Crippen LogP contribution >= 0.6 is 0 Å². The molecule has 110 valence electrons. The fourth-order valence-corrected chi connectivity index (χ4v) is 1.62. The van der Waals surface area contributed by atoms with Gasteiger partial charge < -0.3 is 41.7 Å². The van der Waals surface area contributed by atoms with E-state index in [0.717, 1.165) is 0 Å². The van der Waals surface area contributed by atoms with Crippen LogP contribution in [0.15, 0.2) is 10.1 Å². The Morgan fingerprint density at radius 2 is 2.30 bits per heavy atom. The zero-order valence-electron chi connectivity index (χ0n) is 10.3. The molecule has 0 unspecified atom stereocenters. The predicted molar refractivity (Wildman–Crippen MR) is 68.3 cm³/mol. The Labute approximate surface area is 114 Å². The summed E-state index contributed by atoms with van der Waals surface area (Å²) in [5, 5.41) is 49.6. The minimum Gasteiger partial charge on any atom is -0.408 e. The molecule has 1 heterocycles. The number of oxime groups is 1. The number of rotatable bonds is 3. The monoisotopic (exact) mass is 285 g/mol. The van der Waals surface area contributed by atoms with E-state index in [2.05, 4.69) is 15.5 Å². The number of aliphatic hydroxyl groups excluding tert-OH is 2. The number of ether oxygens (including phenoxy) is 1. The van der Waals surface area contributed by atoms with Gasteiger partial charge in [-0.3, -0.25) is 0 Å². The van der Waals surface area contributed by atoms with Crippen LogP contribution in [0.2, 0.25) is 0 Å². The maximum Gasteiger partial charge on any atom is 0.263 e. The molecule has 20 heavy (non-hydrogen) atoms. The van der Waals surface area contributed by atoms with Crippen LogP contribution in [-0.2, 0) is 4.74 Å². The first-order valence-corrected chi connectivity index (χ1v) is 5.40. The second kappa shape index (κ2) is 6.31. The molecule has 1 fully saturated rings. The molecule has 0 amide bonds. The lowest BCUT2D eigenvalue weighted by Gasteiger charge is -2.23. The van der Waals surface area contributed by atoms with Crippen LogP contribution in [0.4, 0.5) is 0 Å². The minimum atomic E-state index is -2.11. The Bertz CT molecular complexity index is 473. The van der Waals surface area contributed by atoms with Crippen molar-refractivity contribution in [3.8, 4) is 12.3 Å². The van der Waals surface area contributed by atoms with Crippen LogP contribution in [0.5, 0.6) is 0 Å². The molecule has 8 N–H and O–H groups in total. The number of nitrogens with two attached hydrogens (primary N) is 1. The van der Waals surface area contributed by atoms with Gasteiger partial charge in [-0.05, 0) is 5.16 Å². The summed E-state index contributed by atoms with van der Waals surface area (Å²) in [6.45, 7) is -0.632. The van der Waals surface area contributed by atoms with E-state index in [1.165, 1.54) is 0 Å². The van der Waals surface area contributed by atoms with Crippen molar-refractivity contribution >= 4 is 18.0 Å². The van der Waals surface area contributed by atoms with Crippen molar-refractivity contribution in [3.63, 3.8) is 0 Å². The van der Waals surface area contributed by atoms with Gasteiger partial charge in [0.1, 0.15) is 18.0 Å². The minimum absolute atomic E-state index is 0.274. The summed E-state index contributed by atoms with van der Waals surface area (Å²) >= 11 is 0. The number of hydrogen-bond acceptors (Lipinski definition) is 7. The first kappa shape index (κ1) is 15.9. The highest BCUT2D eigenvalue weighted by molar-refractivity contribution is 6.29. The first-order chi connectivity index (χ1) is 9.42. The third kappa shape index (κ3) is 2.86. The largest absolute Gasteiger partial charge is 0.408 e. The van der Waals surface area contributed by atoms with Crippen molar-refractivity contribution in [2.75, 3.05) is 6.61 Å². The maximum atomic E-state index is 10.0. The molecule has 0 aromatic rings. The van der Waals surface area contributed by atoms with Crippen LogP contribution in [0, 0.1) is 17.8 Å². The molecule has 0 aromatic heterocycles. The Morgan fingerprint density at radius 3 is 2.70 bits per heavy atom. The van der Waals surface area contributed by atoms with Gasteiger partial charge in [-0.25, -0.2) is 0 Å². The fraction of sp³-hybridized carbons (Fsp3) is 0.500. The maximum absolute atomic E-state index is 10.0. The van der Waals surface area contributed by atoms with Crippen molar-refractivity contribution in [2.45, 2.75) is 24.0 Å². The van der Waals surface area contributed by atoms with Gasteiger partial charge in [-0.15, -0.1) is 6.42 Å². The number of nitrogens with one attached hydrogen (secondary N) is 2. The van der Waals surface area contributed by atoms with Crippen molar-refractivity contribution in [2.24, 2.45) is 15.9 Å². The molecular formula is C10H15N5O5. The molecule has 0 radical (unpaired) electrons. The standard InChI is InChI=1S/C10H15N5O5/c1-2-10(18)5(4-16)20-8(7(10)17)14-9(15-19)13-6(12)3-11/h1,3,5,7-8,11,16-19H,4H2,(H3,12,13,14,15)/t5-,7+,8-,10-/m1/s1.